The van der Waals surface area contributed by atoms with Crippen molar-refractivity contribution in [3.05, 3.63) is 89.7 Å². The maximum atomic E-state index is 13.9. The zero-order chi connectivity index (χ0) is 25.3. The van der Waals surface area contributed by atoms with Crippen molar-refractivity contribution in [2.45, 2.75) is 32.1 Å². The van der Waals surface area contributed by atoms with Crippen LogP contribution in [0.25, 0.3) is 11.0 Å². The molecule has 1 unspecified atom stereocenters. The molecule has 0 aliphatic carbocycles. The van der Waals surface area contributed by atoms with Gasteiger partial charge in [0, 0.05) is 12.1 Å². The van der Waals surface area contributed by atoms with Crippen LogP contribution in [0.1, 0.15) is 28.7 Å². The van der Waals surface area contributed by atoms with Crippen molar-refractivity contribution in [3.8, 4) is 11.5 Å². The SMILES string of the molecule is COc1cccc(CN2C(=O)c3nc4ccccc4n3CC2(C)C(=O)NCc2ccccc2)c1OC. The molecular formula is C28H28N4O4. The molecule has 1 aliphatic rings. The highest BCUT2D eigenvalue weighted by atomic mass is 16.5. The number of benzene rings is 3. The molecule has 184 valence electrons. The van der Waals surface area contributed by atoms with Crippen LogP contribution in [0.2, 0.25) is 0 Å². The number of amides is 2. The lowest BCUT2D eigenvalue weighted by Gasteiger charge is -2.43. The molecular weight excluding hydrogens is 456 g/mol. The highest BCUT2D eigenvalue weighted by molar-refractivity contribution is 6.01. The van der Waals surface area contributed by atoms with E-state index in [9.17, 15) is 9.59 Å². The summed E-state index contributed by atoms with van der Waals surface area (Å²) >= 11 is 0. The van der Waals surface area contributed by atoms with Gasteiger partial charge >= 0.3 is 0 Å². The normalized spacial score (nSPS) is 17.1. The molecule has 1 aromatic heterocycles. The topological polar surface area (TPSA) is 85.7 Å². The fourth-order valence-electron chi connectivity index (χ4n) is 4.79. The Morgan fingerprint density at radius 3 is 2.50 bits per heavy atom. The standard InChI is InChI=1S/C28H28N4O4/c1-28(27(34)29-16-19-10-5-4-6-11-19)18-31-22-14-8-7-13-21(22)30-25(31)26(33)32(28)17-20-12-9-15-23(35-2)24(20)36-3/h4-15H,16-18H2,1-3H3,(H,29,34). The van der Waals surface area contributed by atoms with Crippen LogP contribution in [0.4, 0.5) is 0 Å². The number of nitrogens with one attached hydrogen (secondary N) is 1. The average molecular weight is 485 g/mol. The molecule has 4 aromatic rings. The molecule has 2 heterocycles. The van der Waals surface area contributed by atoms with Crippen LogP contribution in [0.15, 0.2) is 72.8 Å². The molecule has 8 nitrogen and oxygen atoms in total. The minimum Gasteiger partial charge on any atom is -0.493 e. The summed E-state index contributed by atoms with van der Waals surface area (Å²) < 4.78 is 12.9. The molecule has 0 radical (unpaired) electrons. The number of para-hydroxylation sites is 3. The molecule has 0 saturated heterocycles. The van der Waals surface area contributed by atoms with Gasteiger partial charge in [0.25, 0.3) is 5.91 Å². The van der Waals surface area contributed by atoms with E-state index in [1.807, 2.05) is 71.3 Å². The third-order valence-electron chi connectivity index (χ3n) is 6.75. The number of carbonyl (C=O) groups excluding carboxylic acids is 2. The third-order valence-corrected chi connectivity index (χ3v) is 6.75. The molecule has 5 rings (SSSR count). The van der Waals surface area contributed by atoms with E-state index in [2.05, 4.69) is 10.3 Å². The lowest BCUT2D eigenvalue weighted by molar-refractivity contribution is -0.133. The number of rotatable bonds is 7. The Bertz CT molecular complexity index is 1430. The average Bonchev–Trinajstić information content (AvgIpc) is 3.28. The van der Waals surface area contributed by atoms with E-state index in [-0.39, 0.29) is 24.9 Å². The monoisotopic (exact) mass is 484 g/mol. The highest BCUT2D eigenvalue weighted by Gasteiger charge is 2.48. The van der Waals surface area contributed by atoms with Gasteiger partial charge in [0.1, 0.15) is 5.54 Å². The van der Waals surface area contributed by atoms with E-state index in [0.717, 1.165) is 16.6 Å². The number of fused-ring (bicyclic) bond motifs is 3. The number of hydrogen-bond acceptors (Lipinski definition) is 5. The van der Waals surface area contributed by atoms with E-state index < -0.39 is 5.54 Å². The number of nitrogens with zero attached hydrogens (tertiary/aromatic N) is 3. The summed E-state index contributed by atoms with van der Waals surface area (Å²) in [4.78, 5) is 33.9. The molecule has 36 heavy (non-hydrogen) atoms. The molecule has 2 amide bonds. The smallest absolute Gasteiger partial charge is 0.291 e. The Morgan fingerprint density at radius 2 is 1.75 bits per heavy atom. The Hall–Kier alpha value is -4.33. The molecule has 0 spiro atoms. The molecule has 3 aromatic carbocycles. The molecule has 1 N–H and O–H groups in total. The Labute approximate surface area is 209 Å². The summed E-state index contributed by atoms with van der Waals surface area (Å²) in [6, 6.07) is 22.8. The minimum atomic E-state index is -1.18. The van der Waals surface area contributed by atoms with Crippen LogP contribution in [0, 0.1) is 0 Å². The Balaban J connectivity index is 1.56. The minimum absolute atomic E-state index is 0.150. The van der Waals surface area contributed by atoms with Crippen molar-refractivity contribution in [1.29, 1.82) is 0 Å². The first-order valence-corrected chi connectivity index (χ1v) is 11.8. The van der Waals surface area contributed by atoms with Gasteiger partial charge in [-0.25, -0.2) is 4.98 Å². The molecule has 1 aliphatic heterocycles. The van der Waals surface area contributed by atoms with Gasteiger partial charge in [-0.15, -0.1) is 0 Å². The van der Waals surface area contributed by atoms with E-state index in [1.165, 1.54) is 0 Å². The van der Waals surface area contributed by atoms with Crippen LogP contribution in [-0.2, 0) is 24.4 Å². The maximum Gasteiger partial charge on any atom is 0.291 e. The van der Waals surface area contributed by atoms with E-state index >= 15 is 0 Å². The van der Waals surface area contributed by atoms with E-state index in [0.29, 0.717) is 29.4 Å². The van der Waals surface area contributed by atoms with E-state index in [4.69, 9.17) is 9.47 Å². The summed E-state index contributed by atoms with van der Waals surface area (Å²) in [5, 5.41) is 3.05. The number of carbonyl (C=O) groups is 2. The van der Waals surface area contributed by atoms with Crippen LogP contribution in [0.3, 0.4) is 0 Å². The lowest BCUT2D eigenvalue weighted by Crippen LogP contribution is -2.63. The van der Waals surface area contributed by atoms with Crippen molar-refractivity contribution in [1.82, 2.24) is 19.8 Å². The van der Waals surface area contributed by atoms with Gasteiger partial charge in [-0.05, 0) is 30.7 Å². The fraction of sp³-hybridized carbons (Fsp3) is 0.250. The first-order valence-electron chi connectivity index (χ1n) is 11.8. The number of methoxy groups -OCH3 is 2. The summed E-state index contributed by atoms with van der Waals surface area (Å²) in [5.74, 6) is 0.830. The lowest BCUT2D eigenvalue weighted by atomic mass is 9.94. The van der Waals surface area contributed by atoms with Crippen LogP contribution < -0.4 is 14.8 Å². The van der Waals surface area contributed by atoms with Gasteiger partial charge in [-0.3, -0.25) is 9.59 Å². The van der Waals surface area contributed by atoms with Crippen molar-refractivity contribution >= 4 is 22.8 Å². The molecule has 0 bridgehead atoms. The molecule has 8 heteroatoms. The van der Waals surface area contributed by atoms with Gasteiger partial charge in [0.2, 0.25) is 5.91 Å². The fourth-order valence-corrected chi connectivity index (χ4v) is 4.79. The van der Waals surface area contributed by atoms with Gasteiger partial charge in [0.05, 0.1) is 38.3 Å². The van der Waals surface area contributed by atoms with Gasteiger partial charge < -0.3 is 24.3 Å². The zero-order valence-corrected chi connectivity index (χ0v) is 20.5. The second-order valence-electron chi connectivity index (χ2n) is 9.00. The summed E-state index contributed by atoms with van der Waals surface area (Å²) in [6.07, 6.45) is 0. The van der Waals surface area contributed by atoms with Gasteiger partial charge in [-0.2, -0.15) is 0 Å². The van der Waals surface area contributed by atoms with Crippen molar-refractivity contribution in [3.63, 3.8) is 0 Å². The quantitative estimate of drug-likeness (QED) is 0.432. The van der Waals surface area contributed by atoms with Gasteiger partial charge in [0.15, 0.2) is 17.3 Å². The van der Waals surface area contributed by atoms with Crippen molar-refractivity contribution in [2.24, 2.45) is 0 Å². The second-order valence-corrected chi connectivity index (χ2v) is 9.00. The van der Waals surface area contributed by atoms with Crippen LogP contribution >= 0.6 is 0 Å². The first-order chi connectivity index (χ1) is 17.5. The predicted octanol–water partition coefficient (Wildman–Crippen LogP) is 3.78. The maximum absolute atomic E-state index is 13.9. The largest absolute Gasteiger partial charge is 0.493 e. The van der Waals surface area contributed by atoms with E-state index in [1.54, 1.807) is 32.1 Å². The van der Waals surface area contributed by atoms with Gasteiger partial charge in [-0.1, -0.05) is 54.6 Å². The number of imidazole rings is 1. The first kappa shape index (κ1) is 23.4. The summed E-state index contributed by atoms with van der Waals surface area (Å²) in [6.45, 7) is 2.58. The molecule has 0 fully saturated rings. The summed E-state index contributed by atoms with van der Waals surface area (Å²) in [5.41, 5.74) is 2.06. The van der Waals surface area contributed by atoms with Crippen LogP contribution in [-0.4, -0.2) is 46.0 Å². The van der Waals surface area contributed by atoms with Crippen molar-refractivity contribution < 1.29 is 19.1 Å². The number of aromatic nitrogens is 2. The third kappa shape index (κ3) is 3.94. The second kappa shape index (κ2) is 9.37. The highest BCUT2D eigenvalue weighted by Crippen LogP contribution is 2.36. The zero-order valence-electron chi connectivity index (χ0n) is 20.5. The Kier molecular flexibility index (Phi) is 6.10. The van der Waals surface area contributed by atoms with Crippen molar-refractivity contribution in [2.75, 3.05) is 14.2 Å². The van der Waals surface area contributed by atoms with Crippen LogP contribution in [0.5, 0.6) is 11.5 Å². The summed E-state index contributed by atoms with van der Waals surface area (Å²) in [7, 11) is 3.13. The Morgan fingerprint density at radius 1 is 1.00 bits per heavy atom. The number of hydrogen-bond donors (Lipinski definition) is 1. The predicted molar refractivity (Wildman–Crippen MR) is 136 cm³/mol. The number of ether oxygens (including phenoxy) is 2. The molecule has 1 atom stereocenters. The molecule has 0 saturated carbocycles.